The molecule has 1 amide bonds. The Morgan fingerprint density at radius 3 is 2.63 bits per heavy atom. The summed E-state index contributed by atoms with van der Waals surface area (Å²) in [5.74, 6) is 0.131. The zero-order chi connectivity index (χ0) is 13.9. The summed E-state index contributed by atoms with van der Waals surface area (Å²) in [6.45, 7) is 0.949. The average molecular weight is 282 g/mol. The molecule has 1 N–H and O–H groups in total. The van der Waals surface area contributed by atoms with Crippen LogP contribution in [0.4, 0.5) is 0 Å². The average Bonchev–Trinajstić information content (AvgIpc) is 2.71. The molecule has 1 aromatic carbocycles. The molecule has 1 atom stereocenters. The summed E-state index contributed by atoms with van der Waals surface area (Å²) in [7, 11) is -2.96. The summed E-state index contributed by atoms with van der Waals surface area (Å²) in [5, 5.41) is 3.15. The second-order valence-electron chi connectivity index (χ2n) is 4.79. The molecule has 0 radical (unpaired) electrons. The van der Waals surface area contributed by atoms with Crippen molar-refractivity contribution in [3.63, 3.8) is 0 Å². The normalized spacial score (nSPS) is 19.9. The van der Waals surface area contributed by atoms with E-state index in [4.69, 9.17) is 0 Å². The first-order chi connectivity index (χ1) is 8.97. The molecule has 0 bridgehead atoms. The lowest BCUT2D eigenvalue weighted by atomic mass is 10.1. The molecule has 104 valence electrons. The second kappa shape index (κ2) is 5.71. The Morgan fingerprint density at radius 2 is 2.00 bits per heavy atom. The van der Waals surface area contributed by atoms with Crippen LogP contribution in [0.1, 0.15) is 18.0 Å². The van der Waals surface area contributed by atoms with Crippen molar-refractivity contribution in [3.05, 3.63) is 35.9 Å². The Morgan fingerprint density at radius 1 is 1.32 bits per heavy atom. The van der Waals surface area contributed by atoms with Crippen molar-refractivity contribution in [3.8, 4) is 0 Å². The third kappa shape index (κ3) is 3.78. The van der Waals surface area contributed by atoms with E-state index in [-0.39, 0.29) is 17.7 Å². The van der Waals surface area contributed by atoms with Crippen molar-refractivity contribution in [1.29, 1.82) is 0 Å². The Labute approximate surface area is 113 Å². The van der Waals surface area contributed by atoms with Crippen LogP contribution < -0.4 is 5.32 Å². The number of benzene rings is 1. The largest absolute Gasteiger partial charge is 0.328 e. The van der Waals surface area contributed by atoms with Crippen LogP contribution in [0.2, 0.25) is 0 Å². The Bertz CT molecular complexity index is 542. The molecule has 1 aromatic rings. The zero-order valence-electron chi connectivity index (χ0n) is 10.9. The van der Waals surface area contributed by atoms with Crippen molar-refractivity contribution >= 4 is 15.7 Å². The first-order valence-electron chi connectivity index (χ1n) is 6.22. The van der Waals surface area contributed by atoms with E-state index in [0.717, 1.165) is 5.56 Å². The molecule has 1 unspecified atom stereocenters. The van der Waals surface area contributed by atoms with E-state index in [1.807, 2.05) is 30.3 Å². The Balaban J connectivity index is 1.92. The van der Waals surface area contributed by atoms with Gasteiger partial charge in [0.25, 0.3) is 0 Å². The molecule has 1 aliphatic heterocycles. The molecular weight excluding hydrogens is 264 g/mol. The number of carbonyl (C=O) groups is 1. The first kappa shape index (κ1) is 14.0. The highest BCUT2D eigenvalue weighted by Crippen LogP contribution is 2.20. The van der Waals surface area contributed by atoms with E-state index in [2.05, 4.69) is 5.32 Å². The van der Waals surface area contributed by atoms with Crippen LogP contribution >= 0.6 is 0 Å². The molecule has 0 saturated carbocycles. The number of hydrogen-bond acceptors (Lipinski definition) is 4. The van der Waals surface area contributed by atoms with Gasteiger partial charge in [-0.1, -0.05) is 30.3 Å². The fourth-order valence-corrected chi connectivity index (χ4v) is 2.82. The molecule has 0 aromatic heterocycles. The van der Waals surface area contributed by atoms with Crippen LogP contribution in [-0.4, -0.2) is 44.4 Å². The molecule has 1 aliphatic rings. The molecule has 1 heterocycles. The number of nitrogens with one attached hydrogen (secondary N) is 1. The van der Waals surface area contributed by atoms with E-state index in [1.165, 1.54) is 6.26 Å². The van der Waals surface area contributed by atoms with Gasteiger partial charge in [0.05, 0.1) is 12.4 Å². The maximum Gasteiger partial charge on any atom is 0.245 e. The zero-order valence-corrected chi connectivity index (χ0v) is 11.7. The van der Waals surface area contributed by atoms with Crippen LogP contribution in [-0.2, 0) is 14.6 Å². The lowest BCUT2D eigenvalue weighted by Gasteiger charge is -2.15. The Kier molecular flexibility index (Phi) is 4.21. The predicted octanol–water partition coefficient (Wildman–Crippen LogP) is 0.552. The monoisotopic (exact) mass is 282 g/mol. The minimum Gasteiger partial charge on any atom is -0.328 e. The minimum atomic E-state index is -2.96. The van der Waals surface area contributed by atoms with Gasteiger partial charge in [-0.15, -0.1) is 0 Å². The number of sulfone groups is 1. The van der Waals surface area contributed by atoms with Gasteiger partial charge in [-0.2, -0.15) is 0 Å². The lowest BCUT2D eigenvalue weighted by molar-refractivity contribution is -0.129. The summed E-state index contributed by atoms with van der Waals surface area (Å²) in [4.78, 5) is 13.8. The molecule has 1 saturated heterocycles. The van der Waals surface area contributed by atoms with E-state index in [9.17, 15) is 13.2 Å². The molecule has 0 spiro atoms. The highest BCUT2D eigenvalue weighted by Gasteiger charge is 2.31. The summed E-state index contributed by atoms with van der Waals surface area (Å²) < 4.78 is 22.1. The topological polar surface area (TPSA) is 66.5 Å². The van der Waals surface area contributed by atoms with Crippen molar-refractivity contribution in [2.45, 2.75) is 12.5 Å². The van der Waals surface area contributed by atoms with Gasteiger partial charge in [-0.3, -0.25) is 10.1 Å². The van der Waals surface area contributed by atoms with E-state index < -0.39 is 9.84 Å². The molecule has 2 rings (SSSR count). The van der Waals surface area contributed by atoms with Crippen LogP contribution in [0.5, 0.6) is 0 Å². The maximum absolute atomic E-state index is 12.2. The van der Waals surface area contributed by atoms with Crippen LogP contribution in [0.15, 0.2) is 30.3 Å². The number of nitrogens with zero attached hydrogens (tertiary/aromatic N) is 1. The lowest BCUT2D eigenvalue weighted by Crippen LogP contribution is -2.29. The quantitative estimate of drug-likeness (QED) is 0.856. The predicted molar refractivity (Wildman–Crippen MR) is 73.2 cm³/mol. The van der Waals surface area contributed by atoms with Crippen molar-refractivity contribution in [1.82, 2.24) is 10.2 Å². The van der Waals surface area contributed by atoms with Crippen molar-refractivity contribution in [2.24, 2.45) is 0 Å². The van der Waals surface area contributed by atoms with Gasteiger partial charge in [0.1, 0.15) is 15.9 Å². The van der Waals surface area contributed by atoms with E-state index in [1.54, 1.807) is 4.90 Å². The fraction of sp³-hybridized carbons (Fsp3) is 0.462. The second-order valence-corrected chi connectivity index (χ2v) is 7.05. The van der Waals surface area contributed by atoms with Gasteiger partial charge in [-0.25, -0.2) is 8.42 Å². The number of carbonyl (C=O) groups excluding carboxylic acids is 1. The van der Waals surface area contributed by atoms with E-state index in [0.29, 0.717) is 19.6 Å². The van der Waals surface area contributed by atoms with Crippen LogP contribution in [0.25, 0.3) is 0 Å². The van der Waals surface area contributed by atoms with Crippen LogP contribution in [0, 0.1) is 0 Å². The van der Waals surface area contributed by atoms with Crippen LogP contribution in [0.3, 0.4) is 0 Å². The summed E-state index contributed by atoms with van der Waals surface area (Å²) >= 11 is 0. The van der Waals surface area contributed by atoms with Gasteiger partial charge >= 0.3 is 0 Å². The summed E-state index contributed by atoms with van der Waals surface area (Å²) in [6.07, 6.45) is 1.69. The number of rotatable bonds is 5. The summed E-state index contributed by atoms with van der Waals surface area (Å²) in [5.41, 5.74) is 0.943. The SMILES string of the molecule is CS(=O)(=O)CCCN1CNC(c2ccccc2)C1=O. The molecule has 5 nitrogen and oxygen atoms in total. The molecule has 1 fully saturated rings. The minimum absolute atomic E-state index is 0.0136. The van der Waals surface area contributed by atoms with Gasteiger partial charge in [0, 0.05) is 12.8 Å². The summed E-state index contributed by atoms with van der Waals surface area (Å²) in [6, 6.07) is 9.23. The smallest absolute Gasteiger partial charge is 0.245 e. The fourth-order valence-electron chi connectivity index (χ4n) is 2.16. The van der Waals surface area contributed by atoms with E-state index >= 15 is 0 Å². The Hall–Kier alpha value is -1.40. The number of hydrogen-bond donors (Lipinski definition) is 1. The van der Waals surface area contributed by atoms with Gasteiger partial charge in [0.2, 0.25) is 5.91 Å². The standard InChI is InChI=1S/C13H18N2O3S/c1-19(17,18)9-5-8-15-10-14-12(13(15)16)11-6-3-2-4-7-11/h2-4,6-7,12,14H,5,8-10H2,1H3. The van der Waals surface area contributed by atoms with Gasteiger partial charge < -0.3 is 4.90 Å². The first-order valence-corrected chi connectivity index (χ1v) is 8.28. The third-order valence-corrected chi connectivity index (χ3v) is 4.15. The maximum atomic E-state index is 12.2. The molecule has 0 aliphatic carbocycles. The molecular formula is C13H18N2O3S. The highest BCUT2D eigenvalue weighted by molar-refractivity contribution is 7.90. The molecule has 6 heteroatoms. The van der Waals surface area contributed by atoms with Gasteiger partial charge in [0.15, 0.2) is 0 Å². The third-order valence-electron chi connectivity index (χ3n) is 3.12. The van der Waals surface area contributed by atoms with Crippen molar-refractivity contribution < 1.29 is 13.2 Å². The van der Waals surface area contributed by atoms with Gasteiger partial charge in [-0.05, 0) is 12.0 Å². The molecule has 19 heavy (non-hydrogen) atoms. The van der Waals surface area contributed by atoms with Crippen molar-refractivity contribution in [2.75, 3.05) is 25.2 Å². The highest BCUT2D eigenvalue weighted by atomic mass is 32.2. The number of amides is 1.